The van der Waals surface area contributed by atoms with Gasteiger partial charge in [-0.1, -0.05) is 24.3 Å². The highest BCUT2D eigenvalue weighted by atomic mass is 16.5. The van der Waals surface area contributed by atoms with Gasteiger partial charge < -0.3 is 19.9 Å². The first kappa shape index (κ1) is 18.5. The van der Waals surface area contributed by atoms with E-state index in [2.05, 4.69) is 5.32 Å². The average Bonchev–Trinajstić information content (AvgIpc) is 2.68. The molecule has 2 N–H and O–H groups in total. The van der Waals surface area contributed by atoms with Crippen molar-refractivity contribution in [1.29, 1.82) is 0 Å². The second-order valence-electron chi connectivity index (χ2n) is 6.78. The molecule has 140 valence electrons. The summed E-state index contributed by atoms with van der Waals surface area (Å²) < 4.78 is 11.5. The maximum atomic E-state index is 12.7. The lowest BCUT2D eigenvalue weighted by Crippen LogP contribution is -2.34. The molecule has 1 fully saturated rings. The number of aliphatic carboxylic acids is 1. The second-order valence-corrected chi connectivity index (χ2v) is 6.78. The fraction of sp³-hybridized carbons (Fsp3) is 0.500. The molecule has 1 heterocycles. The Morgan fingerprint density at radius 3 is 2.65 bits per heavy atom. The van der Waals surface area contributed by atoms with Gasteiger partial charge in [-0.25, -0.2) is 0 Å². The lowest BCUT2D eigenvalue weighted by molar-refractivity contribution is -0.146. The third-order valence-corrected chi connectivity index (χ3v) is 4.93. The summed E-state index contributed by atoms with van der Waals surface area (Å²) in [4.78, 5) is 24.1. The van der Waals surface area contributed by atoms with E-state index in [-0.39, 0.29) is 12.0 Å². The van der Waals surface area contributed by atoms with Crippen molar-refractivity contribution < 1.29 is 24.2 Å². The third-order valence-electron chi connectivity index (χ3n) is 4.93. The SMILES string of the molecule is O=C(O)C1CC=CCC1C(=O)Nc1ccccc1OCC1CCCCO1. The number of benzene rings is 1. The zero-order valence-corrected chi connectivity index (χ0v) is 14.7. The van der Waals surface area contributed by atoms with Gasteiger partial charge in [-0.3, -0.25) is 9.59 Å². The molecule has 1 aromatic rings. The molecule has 6 nitrogen and oxygen atoms in total. The van der Waals surface area contributed by atoms with Crippen LogP contribution < -0.4 is 10.1 Å². The van der Waals surface area contributed by atoms with Crippen LogP contribution in [-0.4, -0.2) is 36.3 Å². The van der Waals surface area contributed by atoms with Gasteiger partial charge in [-0.05, 0) is 44.2 Å². The van der Waals surface area contributed by atoms with E-state index < -0.39 is 17.8 Å². The summed E-state index contributed by atoms with van der Waals surface area (Å²) in [6.45, 7) is 1.20. The standard InChI is InChI=1S/C20H25NO5/c22-19(15-8-1-2-9-16(15)20(23)24)21-17-10-3-4-11-18(17)26-13-14-7-5-6-12-25-14/h1-4,10-11,14-16H,5-9,12-13H2,(H,21,22)(H,23,24). The van der Waals surface area contributed by atoms with Crippen molar-refractivity contribution in [3.63, 3.8) is 0 Å². The highest BCUT2D eigenvalue weighted by Crippen LogP contribution is 2.30. The van der Waals surface area contributed by atoms with Crippen LogP contribution in [0.5, 0.6) is 5.75 Å². The van der Waals surface area contributed by atoms with Crippen molar-refractivity contribution >= 4 is 17.6 Å². The van der Waals surface area contributed by atoms with Crippen LogP contribution >= 0.6 is 0 Å². The quantitative estimate of drug-likeness (QED) is 0.762. The minimum absolute atomic E-state index is 0.0763. The van der Waals surface area contributed by atoms with E-state index in [4.69, 9.17) is 9.47 Å². The summed E-state index contributed by atoms with van der Waals surface area (Å²) in [7, 11) is 0. The van der Waals surface area contributed by atoms with E-state index in [0.29, 0.717) is 30.9 Å². The molecule has 0 aromatic heterocycles. The lowest BCUT2D eigenvalue weighted by Gasteiger charge is -2.25. The van der Waals surface area contributed by atoms with E-state index in [1.165, 1.54) is 0 Å². The minimum atomic E-state index is -0.937. The molecule has 0 spiro atoms. The lowest BCUT2D eigenvalue weighted by atomic mass is 9.82. The molecule has 1 amide bonds. The summed E-state index contributed by atoms with van der Waals surface area (Å²) in [5.41, 5.74) is 0.562. The number of para-hydroxylation sites is 2. The molecule has 3 unspecified atom stereocenters. The van der Waals surface area contributed by atoms with Gasteiger partial charge in [0.1, 0.15) is 12.4 Å². The van der Waals surface area contributed by atoms with E-state index in [0.717, 1.165) is 25.9 Å². The number of nitrogens with one attached hydrogen (secondary N) is 1. The van der Waals surface area contributed by atoms with Crippen molar-refractivity contribution in [3.8, 4) is 5.75 Å². The van der Waals surface area contributed by atoms with Gasteiger partial charge in [0.25, 0.3) is 0 Å². The van der Waals surface area contributed by atoms with Crippen LogP contribution in [0.15, 0.2) is 36.4 Å². The molecule has 26 heavy (non-hydrogen) atoms. The molecule has 2 aliphatic rings. The molecular formula is C20H25NO5. The van der Waals surface area contributed by atoms with Gasteiger partial charge in [0, 0.05) is 6.61 Å². The first-order chi connectivity index (χ1) is 12.6. The summed E-state index contributed by atoms with van der Waals surface area (Å²) in [6.07, 6.45) is 7.78. The summed E-state index contributed by atoms with van der Waals surface area (Å²) >= 11 is 0. The average molecular weight is 359 g/mol. The van der Waals surface area contributed by atoms with E-state index in [1.54, 1.807) is 12.1 Å². The monoisotopic (exact) mass is 359 g/mol. The highest BCUT2D eigenvalue weighted by Gasteiger charge is 2.34. The van der Waals surface area contributed by atoms with Crippen LogP contribution in [0.4, 0.5) is 5.69 Å². The Bertz CT molecular complexity index is 666. The molecule has 1 aliphatic heterocycles. The van der Waals surface area contributed by atoms with Gasteiger partial charge in [-0.2, -0.15) is 0 Å². The molecule has 6 heteroatoms. The van der Waals surface area contributed by atoms with Crippen LogP contribution in [0.2, 0.25) is 0 Å². The zero-order valence-electron chi connectivity index (χ0n) is 14.7. The predicted molar refractivity (Wildman–Crippen MR) is 97.1 cm³/mol. The Balaban J connectivity index is 1.64. The Hall–Kier alpha value is -2.34. The Kier molecular flexibility index (Phi) is 6.28. The van der Waals surface area contributed by atoms with Crippen LogP contribution in [0.1, 0.15) is 32.1 Å². The van der Waals surface area contributed by atoms with Crippen LogP contribution in [0.25, 0.3) is 0 Å². The van der Waals surface area contributed by atoms with Crippen LogP contribution in [0.3, 0.4) is 0 Å². The minimum Gasteiger partial charge on any atom is -0.489 e. The first-order valence-corrected chi connectivity index (χ1v) is 9.17. The molecular weight excluding hydrogens is 334 g/mol. The van der Waals surface area contributed by atoms with Crippen molar-refractivity contribution in [1.82, 2.24) is 0 Å². The van der Waals surface area contributed by atoms with E-state index >= 15 is 0 Å². The molecule has 1 saturated heterocycles. The highest BCUT2D eigenvalue weighted by molar-refractivity contribution is 5.96. The van der Waals surface area contributed by atoms with Gasteiger partial charge in [0.05, 0.1) is 23.6 Å². The van der Waals surface area contributed by atoms with Crippen molar-refractivity contribution in [3.05, 3.63) is 36.4 Å². The number of hydrogen-bond donors (Lipinski definition) is 2. The molecule has 3 rings (SSSR count). The Morgan fingerprint density at radius 1 is 1.15 bits per heavy atom. The maximum absolute atomic E-state index is 12.7. The number of carboxylic acids is 1. The Morgan fingerprint density at radius 2 is 1.92 bits per heavy atom. The zero-order chi connectivity index (χ0) is 18.4. The van der Waals surface area contributed by atoms with Crippen molar-refractivity contribution in [2.45, 2.75) is 38.2 Å². The molecule has 1 aliphatic carbocycles. The number of hydrogen-bond acceptors (Lipinski definition) is 4. The number of allylic oxidation sites excluding steroid dienone is 2. The number of carbonyl (C=O) groups excluding carboxylic acids is 1. The van der Waals surface area contributed by atoms with Crippen molar-refractivity contribution in [2.24, 2.45) is 11.8 Å². The summed E-state index contributed by atoms with van der Waals surface area (Å²) in [5, 5.41) is 12.2. The summed E-state index contributed by atoms with van der Waals surface area (Å²) in [5.74, 6) is -1.91. The van der Waals surface area contributed by atoms with Crippen molar-refractivity contribution in [2.75, 3.05) is 18.5 Å². The number of ether oxygens (including phenoxy) is 2. The summed E-state index contributed by atoms with van der Waals surface area (Å²) in [6, 6.07) is 7.22. The Labute approximate surface area is 153 Å². The van der Waals surface area contributed by atoms with E-state index in [1.807, 2.05) is 24.3 Å². The number of amides is 1. The largest absolute Gasteiger partial charge is 0.489 e. The van der Waals surface area contributed by atoms with Crippen LogP contribution in [0, 0.1) is 11.8 Å². The number of carboxylic acid groups (broad SMARTS) is 1. The molecule has 3 atom stereocenters. The van der Waals surface area contributed by atoms with Gasteiger partial charge in [-0.15, -0.1) is 0 Å². The molecule has 0 bridgehead atoms. The second kappa shape index (κ2) is 8.85. The molecule has 0 saturated carbocycles. The molecule has 1 aromatic carbocycles. The number of rotatable bonds is 6. The molecule has 0 radical (unpaired) electrons. The topological polar surface area (TPSA) is 84.9 Å². The number of anilines is 1. The number of carbonyl (C=O) groups is 2. The fourth-order valence-corrected chi connectivity index (χ4v) is 3.42. The first-order valence-electron chi connectivity index (χ1n) is 9.17. The van der Waals surface area contributed by atoms with Gasteiger partial charge in [0.15, 0.2) is 0 Å². The normalized spacial score (nSPS) is 25.5. The van der Waals surface area contributed by atoms with E-state index in [9.17, 15) is 14.7 Å². The fourth-order valence-electron chi connectivity index (χ4n) is 3.42. The smallest absolute Gasteiger partial charge is 0.307 e. The van der Waals surface area contributed by atoms with Crippen LogP contribution in [-0.2, 0) is 14.3 Å². The van der Waals surface area contributed by atoms with Gasteiger partial charge in [0.2, 0.25) is 5.91 Å². The maximum Gasteiger partial charge on any atom is 0.307 e. The third kappa shape index (κ3) is 4.64. The van der Waals surface area contributed by atoms with Gasteiger partial charge >= 0.3 is 5.97 Å². The predicted octanol–water partition coefficient (Wildman–Crippen LogP) is 3.24.